The summed E-state index contributed by atoms with van der Waals surface area (Å²) in [6.07, 6.45) is 1.96. The molecule has 2 aromatic rings. The van der Waals surface area contributed by atoms with Crippen molar-refractivity contribution in [2.45, 2.75) is 18.7 Å². The van der Waals surface area contributed by atoms with Crippen LogP contribution < -0.4 is 0 Å². The lowest BCUT2D eigenvalue weighted by molar-refractivity contribution is 0.597. The van der Waals surface area contributed by atoms with Crippen molar-refractivity contribution < 1.29 is 8.42 Å². The maximum atomic E-state index is 12.0. The van der Waals surface area contributed by atoms with Crippen LogP contribution in [-0.2, 0) is 16.9 Å². The van der Waals surface area contributed by atoms with E-state index in [1.165, 1.54) is 0 Å². The molecule has 0 aliphatic rings. The zero-order valence-electron chi connectivity index (χ0n) is 9.69. The summed E-state index contributed by atoms with van der Waals surface area (Å²) in [5, 5.41) is 1.01. The quantitative estimate of drug-likeness (QED) is 0.803. The number of nitrogens with zero attached hydrogens (tertiary/aromatic N) is 1. The van der Waals surface area contributed by atoms with Gasteiger partial charge < -0.3 is 4.57 Å². The number of sulfone groups is 1. The molecule has 0 unspecified atom stereocenters. The third-order valence-electron chi connectivity index (χ3n) is 2.88. The maximum absolute atomic E-state index is 12.0. The highest BCUT2D eigenvalue weighted by Crippen LogP contribution is 2.27. The minimum absolute atomic E-state index is 0.135. The van der Waals surface area contributed by atoms with Gasteiger partial charge in [0.05, 0.1) is 16.2 Å². The molecule has 0 N–H and O–H groups in total. The monoisotopic (exact) mass is 237 g/mol. The molecule has 0 atom stereocenters. The smallest absolute Gasteiger partial charge is 0.180 e. The maximum Gasteiger partial charge on any atom is 0.180 e. The Morgan fingerprint density at radius 3 is 2.62 bits per heavy atom. The molecule has 3 nitrogen and oxygen atoms in total. The van der Waals surface area contributed by atoms with Crippen LogP contribution in [0.25, 0.3) is 10.9 Å². The van der Waals surface area contributed by atoms with Gasteiger partial charge in [-0.2, -0.15) is 0 Å². The Balaban J connectivity index is 2.92. The Morgan fingerprint density at radius 2 is 2.00 bits per heavy atom. The molecule has 0 bridgehead atoms. The molecule has 1 aromatic carbocycles. The van der Waals surface area contributed by atoms with Crippen molar-refractivity contribution in [2.75, 3.05) is 5.75 Å². The fourth-order valence-corrected chi connectivity index (χ4v) is 3.18. The highest BCUT2D eigenvalue weighted by atomic mass is 32.2. The summed E-state index contributed by atoms with van der Waals surface area (Å²) in [5.74, 6) is 0.135. The van der Waals surface area contributed by atoms with Gasteiger partial charge in [0.25, 0.3) is 0 Å². The molecule has 0 radical (unpaired) electrons. The molecule has 2 rings (SSSR count). The lowest BCUT2D eigenvalue weighted by Gasteiger charge is -2.05. The van der Waals surface area contributed by atoms with Crippen LogP contribution in [0.2, 0.25) is 0 Å². The van der Waals surface area contributed by atoms with Crippen molar-refractivity contribution in [3.05, 3.63) is 30.0 Å². The van der Waals surface area contributed by atoms with Gasteiger partial charge in [0, 0.05) is 18.6 Å². The first-order valence-electron chi connectivity index (χ1n) is 5.24. The van der Waals surface area contributed by atoms with E-state index in [-0.39, 0.29) is 5.75 Å². The van der Waals surface area contributed by atoms with E-state index in [0.29, 0.717) is 4.90 Å². The van der Waals surface area contributed by atoms with Crippen LogP contribution in [0.1, 0.15) is 12.5 Å². The van der Waals surface area contributed by atoms with Gasteiger partial charge in [-0.05, 0) is 18.6 Å². The number of para-hydroxylation sites is 1. The predicted molar refractivity (Wildman–Crippen MR) is 65.4 cm³/mol. The molecule has 0 saturated carbocycles. The first-order chi connectivity index (χ1) is 7.47. The second-order valence-electron chi connectivity index (χ2n) is 3.98. The number of fused-ring (bicyclic) bond motifs is 1. The molecular weight excluding hydrogens is 222 g/mol. The Kier molecular flexibility index (Phi) is 2.54. The van der Waals surface area contributed by atoms with Gasteiger partial charge in [0.1, 0.15) is 0 Å². The zero-order chi connectivity index (χ0) is 11.9. The molecule has 1 aromatic heterocycles. The summed E-state index contributed by atoms with van der Waals surface area (Å²) in [4.78, 5) is 0.433. The molecule has 16 heavy (non-hydrogen) atoms. The third-order valence-corrected chi connectivity index (χ3v) is 4.64. The van der Waals surface area contributed by atoms with Gasteiger partial charge in [-0.15, -0.1) is 0 Å². The van der Waals surface area contributed by atoms with Gasteiger partial charge in [0.2, 0.25) is 0 Å². The highest BCUT2D eigenvalue weighted by molar-refractivity contribution is 7.91. The minimum atomic E-state index is -3.15. The second-order valence-corrected chi connectivity index (χ2v) is 6.23. The molecule has 0 amide bonds. The fraction of sp³-hybridized carbons (Fsp3) is 0.333. The summed E-state index contributed by atoms with van der Waals surface area (Å²) in [5.41, 5.74) is 1.91. The summed E-state index contributed by atoms with van der Waals surface area (Å²) in [6.45, 7) is 3.66. The molecule has 0 fully saturated rings. The molecule has 86 valence electrons. The van der Waals surface area contributed by atoms with Crippen LogP contribution in [0, 0.1) is 6.92 Å². The first kappa shape index (κ1) is 11.2. The largest absolute Gasteiger partial charge is 0.349 e. The van der Waals surface area contributed by atoms with Gasteiger partial charge >= 0.3 is 0 Å². The molecule has 4 heteroatoms. The van der Waals surface area contributed by atoms with Crippen molar-refractivity contribution in [1.29, 1.82) is 0 Å². The summed E-state index contributed by atoms with van der Waals surface area (Å²) in [7, 11) is -1.28. The van der Waals surface area contributed by atoms with Gasteiger partial charge in [-0.25, -0.2) is 8.42 Å². The lowest BCUT2D eigenvalue weighted by atomic mass is 10.2. The van der Waals surface area contributed by atoms with Crippen LogP contribution in [0.5, 0.6) is 0 Å². The lowest BCUT2D eigenvalue weighted by Crippen LogP contribution is -2.05. The van der Waals surface area contributed by atoms with Gasteiger partial charge in [-0.3, -0.25) is 0 Å². The number of aryl methyl sites for hydroxylation is 2. The summed E-state index contributed by atoms with van der Waals surface area (Å²) < 4.78 is 25.8. The van der Waals surface area contributed by atoms with Crippen molar-refractivity contribution in [2.24, 2.45) is 7.05 Å². The Hall–Kier alpha value is -1.29. The van der Waals surface area contributed by atoms with Crippen LogP contribution in [0.15, 0.2) is 29.3 Å². The average Bonchev–Trinajstić information content (AvgIpc) is 2.55. The molecule has 1 heterocycles. The zero-order valence-corrected chi connectivity index (χ0v) is 10.5. The molecule has 0 spiro atoms. The molecule has 0 aliphatic carbocycles. The van der Waals surface area contributed by atoms with E-state index in [9.17, 15) is 8.42 Å². The average molecular weight is 237 g/mol. The molecule has 0 saturated heterocycles. The van der Waals surface area contributed by atoms with E-state index in [4.69, 9.17) is 0 Å². The van der Waals surface area contributed by atoms with E-state index < -0.39 is 9.84 Å². The topological polar surface area (TPSA) is 39.1 Å². The van der Waals surface area contributed by atoms with Crippen molar-refractivity contribution in [3.8, 4) is 0 Å². The van der Waals surface area contributed by atoms with Gasteiger partial charge in [0.15, 0.2) is 9.84 Å². The Labute approximate surface area is 95.6 Å². The summed E-state index contributed by atoms with van der Waals surface area (Å²) >= 11 is 0. The summed E-state index contributed by atoms with van der Waals surface area (Å²) in [6, 6.07) is 5.44. The van der Waals surface area contributed by atoms with E-state index in [1.807, 2.05) is 30.8 Å². The predicted octanol–water partition coefficient (Wildman–Crippen LogP) is 2.28. The Bertz CT molecular complexity index is 638. The van der Waals surface area contributed by atoms with E-state index in [0.717, 1.165) is 16.5 Å². The Morgan fingerprint density at radius 1 is 1.31 bits per heavy atom. The van der Waals surface area contributed by atoms with Crippen LogP contribution in [-0.4, -0.2) is 18.7 Å². The number of hydrogen-bond donors (Lipinski definition) is 0. The van der Waals surface area contributed by atoms with Crippen molar-refractivity contribution in [3.63, 3.8) is 0 Å². The SMILES string of the molecule is CCS(=O)(=O)c1cccc2c(C)cn(C)c12. The van der Waals surface area contributed by atoms with Crippen molar-refractivity contribution >= 4 is 20.7 Å². The number of aromatic nitrogens is 1. The highest BCUT2D eigenvalue weighted by Gasteiger charge is 2.17. The minimum Gasteiger partial charge on any atom is -0.349 e. The molecular formula is C12H15NO2S. The van der Waals surface area contributed by atoms with E-state index >= 15 is 0 Å². The van der Waals surface area contributed by atoms with Crippen molar-refractivity contribution in [1.82, 2.24) is 4.57 Å². The number of hydrogen-bond acceptors (Lipinski definition) is 2. The van der Waals surface area contributed by atoms with Crippen LogP contribution in [0.4, 0.5) is 0 Å². The first-order valence-corrected chi connectivity index (χ1v) is 6.90. The normalized spacial score (nSPS) is 12.2. The molecule has 0 aliphatic heterocycles. The van der Waals surface area contributed by atoms with Crippen LogP contribution >= 0.6 is 0 Å². The second kappa shape index (κ2) is 3.63. The van der Waals surface area contributed by atoms with E-state index in [1.54, 1.807) is 19.1 Å². The fourth-order valence-electron chi connectivity index (χ4n) is 2.04. The third kappa shape index (κ3) is 1.53. The number of rotatable bonds is 2. The standard InChI is InChI=1S/C12H15NO2S/c1-4-16(14,15)11-7-5-6-10-9(2)8-13(3)12(10)11/h5-8H,4H2,1-3H3. The van der Waals surface area contributed by atoms with E-state index in [2.05, 4.69) is 0 Å². The van der Waals surface area contributed by atoms with Crippen LogP contribution in [0.3, 0.4) is 0 Å². The van der Waals surface area contributed by atoms with Gasteiger partial charge in [-0.1, -0.05) is 19.1 Å². The number of benzene rings is 1.